The topological polar surface area (TPSA) is 43.8 Å². The van der Waals surface area contributed by atoms with Crippen LogP contribution in [-0.4, -0.2) is 42.2 Å². The number of benzene rings is 2. The molecule has 1 N–H and O–H groups in total. The van der Waals surface area contributed by atoms with Crippen molar-refractivity contribution in [3.8, 4) is 0 Å². The van der Waals surface area contributed by atoms with Crippen molar-refractivity contribution >= 4 is 17.3 Å². The standard InChI is InChI=1S/C22H28N2O2/c25-22(26)19-10-9-16-23(18-19)15-7-8-17-24(20-11-3-1-4-12-20)21-13-5-2-6-14-21/h1-6,11-14,19H,7-10,15-18H2,(H,25,26). The van der Waals surface area contributed by atoms with Crippen molar-refractivity contribution in [3.63, 3.8) is 0 Å². The fourth-order valence-corrected chi connectivity index (χ4v) is 3.69. The number of hydrogen-bond acceptors (Lipinski definition) is 3. The third kappa shape index (κ3) is 5.09. The minimum Gasteiger partial charge on any atom is -0.481 e. The maximum absolute atomic E-state index is 11.2. The number of hydrogen-bond donors (Lipinski definition) is 1. The molecule has 3 rings (SSSR count). The van der Waals surface area contributed by atoms with Gasteiger partial charge in [0.05, 0.1) is 5.92 Å². The van der Waals surface area contributed by atoms with E-state index in [1.807, 2.05) is 12.1 Å². The molecular formula is C22H28N2O2. The molecule has 1 unspecified atom stereocenters. The molecule has 0 aromatic heterocycles. The number of rotatable bonds is 8. The highest BCUT2D eigenvalue weighted by molar-refractivity contribution is 5.70. The summed E-state index contributed by atoms with van der Waals surface area (Å²) in [7, 11) is 0. The summed E-state index contributed by atoms with van der Waals surface area (Å²) in [6.07, 6.45) is 3.99. The number of carbonyl (C=O) groups is 1. The maximum atomic E-state index is 11.2. The van der Waals surface area contributed by atoms with E-state index in [9.17, 15) is 9.90 Å². The van der Waals surface area contributed by atoms with Crippen molar-refractivity contribution in [2.45, 2.75) is 25.7 Å². The monoisotopic (exact) mass is 352 g/mol. The molecule has 2 aromatic rings. The van der Waals surface area contributed by atoms with Crippen LogP contribution < -0.4 is 4.90 Å². The van der Waals surface area contributed by atoms with Crippen LogP contribution in [0.4, 0.5) is 11.4 Å². The number of piperidine rings is 1. The Morgan fingerprint density at radius 2 is 1.62 bits per heavy atom. The zero-order chi connectivity index (χ0) is 18.2. The number of nitrogens with zero attached hydrogens (tertiary/aromatic N) is 2. The zero-order valence-corrected chi connectivity index (χ0v) is 15.3. The summed E-state index contributed by atoms with van der Waals surface area (Å²) in [5.41, 5.74) is 2.42. The minimum absolute atomic E-state index is 0.186. The van der Waals surface area contributed by atoms with Crippen molar-refractivity contribution in [2.75, 3.05) is 31.1 Å². The Balaban J connectivity index is 1.53. The molecule has 0 radical (unpaired) electrons. The van der Waals surface area contributed by atoms with Crippen LogP contribution in [0.2, 0.25) is 0 Å². The van der Waals surface area contributed by atoms with E-state index in [1.165, 1.54) is 11.4 Å². The first kappa shape index (κ1) is 18.5. The average Bonchev–Trinajstić information content (AvgIpc) is 2.69. The van der Waals surface area contributed by atoms with Gasteiger partial charge in [0.25, 0.3) is 0 Å². The van der Waals surface area contributed by atoms with Crippen LogP contribution in [0.5, 0.6) is 0 Å². The molecule has 0 amide bonds. The summed E-state index contributed by atoms with van der Waals surface area (Å²) < 4.78 is 0. The molecule has 1 heterocycles. The molecule has 1 aliphatic rings. The first-order valence-electron chi connectivity index (χ1n) is 9.57. The Kier molecular flexibility index (Phi) is 6.67. The van der Waals surface area contributed by atoms with Gasteiger partial charge in [-0.05, 0) is 63.0 Å². The molecule has 1 aliphatic heterocycles. The minimum atomic E-state index is -0.644. The van der Waals surface area contributed by atoms with Crippen LogP contribution in [0.15, 0.2) is 60.7 Å². The summed E-state index contributed by atoms with van der Waals surface area (Å²) in [6.45, 7) is 3.69. The number of unbranched alkanes of at least 4 members (excludes halogenated alkanes) is 1. The number of carboxylic acid groups (broad SMARTS) is 1. The zero-order valence-electron chi connectivity index (χ0n) is 15.3. The second kappa shape index (κ2) is 9.39. The SMILES string of the molecule is O=C(O)C1CCCN(CCCCN(c2ccccc2)c2ccccc2)C1. The van der Waals surface area contributed by atoms with Crippen LogP contribution in [0.3, 0.4) is 0 Å². The fraction of sp³-hybridized carbons (Fsp3) is 0.409. The molecule has 0 bridgehead atoms. The highest BCUT2D eigenvalue weighted by atomic mass is 16.4. The Bertz CT molecular complexity index is 636. The predicted molar refractivity (Wildman–Crippen MR) is 106 cm³/mol. The summed E-state index contributed by atoms with van der Waals surface area (Å²) in [5, 5.41) is 9.22. The van der Waals surface area contributed by atoms with Crippen LogP contribution >= 0.6 is 0 Å². The van der Waals surface area contributed by atoms with E-state index in [-0.39, 0.29) is 5.92 Å². The van der Waals surface area contributed by atoms with Crippen molar-refractivity contribution < 1.29 is 9.90 Å². The summed E-state index contributed by atoms with van der Waals surface area (Å²) in [6, 6.07) is 21.0. The van der Waals surface area contributed by atoms with Gasteiger partial charge in [0.15, 0.2) is 0 Å². The van der Waals surface area contributed by atoms with Gasteiger partial charge in [-0.3, -0.25) is 4.79 Å². The molecule has 26 heavy (non-hydrogen) atoms. The van der Waals surface area contributed by atoms with Gasteiger partial charge in [-0.25, -0.2) is 0 Å². The van der Waals surface area contributed by atoms with E-state index in [4.69, 9.17) is 0 Å². The lowest BCUT2D eigenvalue weighted by molar-refractivity contribution is -0.143. The van der Waals surface area contributed by atoms with Gasteiger partial charge in [-0.2, -0.15) is 0 Å². The van der Waals surface area contributed by atoms with Crippen LogP contribution in [0.1, 0.15) is 25.7 Å². The molecular weight excluding hydrogens is 324 g/mol. The Hall–Kier alpha value is -2.33. The van der Waals surface area contributed by atoms with Crippen molar-refractivity contribution in [3.05, 3.63) is 60.7 Å². The van der Waals surface area contributed by atoms with E-state index >= 15 is 0 Å². The highest BCUT2D eigenvalue weighted by Crippen LogP contribution is 2.25. The number of para-hydroxylation sites is 2. The third-order valence-corrected chi connectivity index (χ3v) is 5.10. The molecule has 2 aromatic carbocycles. The fourth-order valence-electron chi connectivity index (χ4n) is 3.69. The van der Waals surface area contributed by atoms with E-state index in [0.29, 0.717) is 6.54 Å². The summed E-state index contributed by atoms with van der Waals surface area (Å²) in [4.78, 5) is 15.9. The normalized spacial score (nSPS) is 17.8. The van der Waals surface area contributed by atoms with Gasteiger partial charge < -0.3 is 14.9 Å². The number of aliphatic carboxylic acids is 1. The first-order valence-corrected chi connectivity index (χ1v) is 9.57. The lowest BCUT2D eigenvalue weighted by Gasteiger charge is -2.31. The Morgan fingerprint density at radius 3 is 2.19 bits per heavy atom. The largest absolute Gasteiger partial charge is 0.481 e. The van der Waals surface area contributed by atoms with Crippen molar-refractivity contribution in [1.82, 2.24) is 4.90 Å². The lowest BCUT2D eigenvalue weighted by Crippen LogP contribution is -2.39. The van der Waals surface area contributed by atoms with Gasteiger partial charge in [-0.15, -0.1) is 0 Å². The quantitative estimate of drug-likeness (QED) is 0.715. The molecule has 0 saturated carbocycles. The molecule has 4 heteroatoms. The van der Waals surface area contributed by atoms with Crippen LogP contribution in [0, 0.1) is 5.92 Å². The average molecular weight is 352 g/mol. The van der Waals surface area contributed by atoms with Gasteiger partial charge in [0.2, 0.25) is 0 Å². The van der Waals surface area contributed by atoms with Crippen LogP contribution in [0.25, 0.3) is 0 Å². The Labute approximate surface area is 156 Å². The molecule has 1 atom stereocenters. The lowest BCUT2D eigenvalue weighted by atomic mass is 9.98. The van der Waals surface area contributed by atoms with Gasteiger partial charge >= 0.3 is 5.97 Å². The van der Waals surface area contributed by atoms with Crippen molar-refractivity contribution in [1.29, 1.82) is 0 Å². The molecule has 0 spiro atoms. The molecule has 4 nitrogen and oxygen atoms in total. The van der Waals surface area contributed by atoms with E-state index in [1.54, 1.807) is 0 Å². The number of carboxylic acids is 1. The van der Waals surface area contributed by atoms with Crippen LogP contribution in [-0.2, 0) is 4.79 Å². The van der Waals surface area contributed by atoms with Crippen molar-refractivity contribution in [2.24, 2.45) is 5.92 Å². The molecule has 1 fully saturated rings. The second-order valence-electron chi connectivity index (χ2n) is 7.01. The summed E-state index contributed by atoms with van der Waals surface area (Å²) in [5.74, 6) is -0.831. The second-order valence-corrected chi connectivity index (χ2v) is 7.01. The van der Waals surface area contributed by atoms with E-state index in [0.717, 1.165) is 45.3 Å². The smallest absolute Gasteiger partial charge is 0.307 e. The maximum Gasteiger partial charge on any atom is 0.307 e. The Morgan fingerprint density at radius 1 is 1.00 bits per heavy atom. The molecule has 0 aliphatic carbocycles. The highest BCUT2D eigenvalue weighted by Gasteiger charge is 2.24. The predicted octanol–water partition coefficient (Wildman–Crippen LogP) is 4.40. The summed E-state index contributed by atoms with van der Waals surface area (Å²) >= 11 is 0. The third-order valence-electron chi connectivity index (χ3n) is 5.10. The molecule has 1 saturated heterocycles. The van der Waals surface area contributed by atoms with Gasteiger partial charge in [-0.1, -0.05) is 36.4 Å². The van der Waals surface area contributed by atoms with Gasteiger partial charge in [0.1, 0.15) is 0 Å². The van der Waals surface area contributed by atoms with E-state index < -0.39 is 5.97 Å². The first-order chi connectivity index (χ1) is 12.7. The van der Waals surface area contributed by atoms with E-state index in [2.05, 4.69) is 58.3 Å². The molecule has 138 valence electrons. The van der Waals surface area contributed by atoms with Gasteiger partial charge in [0, 0.05) is 24.5 Å². The number of anilines is 2. The number of likely N-dealkylation sites (tertiary alicyclic amines) is 1.